The molecule has 4 rings (SSSR count). The number of hydrogen-bond donors (Lipinski definition) is 2. The Balaban J connectivity index is 1.76. The molecule has 0 bridgehead atoms. The largest absolute Gasteiger partial charge is 0.497 e. The van der Waals surface area contributed by atoms with Crippen LogP contribution < -0.4 is 10.1 Å². The number of nitrogens with one attached hydrogen (secondary N) is 1. The predicted molar refractivity (Wildman–Crippen MR) is 98.6 cm³/mol. The van der Waals surface area contributed by atoms with Gasteiger partial charge in [-0.3, -0.25) is 9.36 Å². The van der Waals surface area contributed by atoms with E-state index in [1.165, 1.54) is 0 Å². The number of carbonyl (C=O) groups is 2. The summed E-state index contributed by atoms with van der Waals surface area (Å²) in [5.74, 6) is -0.00134. The maximum atomic E-state index is 12.3. The van der Waals surface area contributed by atoms with Crippen LogP contribution in [0.3, 0.4) is 0 Å². The van der Waals surface area contributed by atoms with Gasteiger partial charge in [-0.2, -0.15) is 0 Å². The summed E-state index contributed by atoms with van der Waals surface area (Å²) in [5, 5.41) is 12.0. The SMILES string of the molecule is COc1cccc(-n2cnc3c2NC(=O)C[C@@H]3c2ccc(C(=O)O)cc2)c1. The van der Waals surface area contributed by atoms with Gasteiger partial charge in [-0.15, -0.1) is 0 Å². The van der Waals surface area contributed by atoms with Crippen LogP contribution in [0.4, 0.5) is 5.82 Å². The third-order valence-corrected chi connectivity index (χ3v) is 4.66. The normalized spacial score (nSPS) is 15.7. The van der Waals surface area contributed by atoms with Crippen molar-refractivity contribution >= 4 is 17.7 Å². The van der Waals surface area contributed by atoms with E-state index >= 15 is 0 Å². The zero-order valence-corrected chi connectivity index (χ0v) is 14.5. The minimum absolute atomic E-state index is 0.112. The highest BCUT2D eigenvalue weighted by Crippen LogP contribution is 2.37. The number of hydrogen-bond acceptors (Lipinski definition) is 4. The topological polar surface area (TPSA) is 93.5 Å². The predicted octanol–water partition coefficient (Wildman–Crippen LogP) is 3.05. The number of imidazole rings is 1. The van der Waals surface area contributed by atoms with Gasteiger partial charge in [-0.25, -0.2) is 9.78 Å². The Kier molecular flexibility index (Phi) is 4.12. The van der Waals surface area contributed by atoms with Crippen molar-refractivity contribution in [3.05, 3.63) is 71.7 Å². The number of aromatic nitrogens is 2. The number of rotatable bonds is 4. The summed E-state index contributed by atoms with van der Waals surface area (Å²) >= 11 is 0. The van der Waals surface area contributed by atoms with Gasteiger partial charge in [0, 0.05) is 18.4 Å². The lowest BCUT2D eigenvalue weighted by Crippen LogP contribution is -2.25. The summed E-state index contributed by atoms with van der Waals surface area (Å²) < 4.78 is 7.08. The summed E-state index contributed by atoms with van der Waals surface area (Å²) in [6.45, 7) is 0. The highest BCUT2D eigenvalue weighted by atomic mass is 16.5. The monoisotopic (exact) mass is 363 g/mol. The molecular formula is C20H17N3O4. The third-order valence-electron chi connectivity index (χ3n) is 4.66. The van der Waals surface area contributed by atoms with Crippen molar-refractivity contribution in [2.45, 2.75) is 12.3 Å². The van der Waals surface area contributed by atoms with Gasteiger partial charge in [0.2, 0.25) is 5.91 Å². The van der Waals surface area contributed by atoms with Crippen molar-refractivity contribution in [3.63, 3.8) is 0 Å². The van der Waals surface area contributed by atoms with Crippen molar-refractivity contribution in [2.24, 2.45) is 0 Å². The van der Waals surface area contributed by atoms with Crippen LogP contribution >= 0.6 is 0 Å². The fourth-order valence-corrected chi connectivity index (χ4v) is 3.30. The molecule has 7 nitrogen and oxygen atoms in total. The lowest BCUT2D eigenvalue weighted by atomic mass is 9.89. The Morgan fingerprint density at radius 2 is 2.04 bits per heavy atom. The smallest absolute Gasteiger partial charge is 0.335 e. The van der Waals surface area contributed by atoms with Crippen LogP contribution in [0.2, 0.25) is 0 Å². The van der Waals surface area contributed by atoms with Crippen LogP contribution in [0.15, 0.2) is 54.9 Å². The third kappa shape index (κ3) is 3.03. The number of carboxylic acids is 1. The van der Waals surface area contributed by atoms with E-state index in [9.17, 15) is 9.59 Å². The molecule has 1 amide bonds. The summed E-state index contributed by atoms with van der Waals surface area (Å²) in [7, 11) is 1.60. The van der Waals surface area contributed by atoms with E-state index in [2.05, 4.69) is 10.3 Å². The molecule has 0 radical (unpaired) electrons. The van der Waals surface area contributed by atoms with E-state index < -0.39 is 5.97 Å². The van der Waals surface area contributed by atoms with E-state index in [0.29, 0.717) is 11.6 Å². The maximum Gasteiger partial charge on any atom is 0.335 e. The highest BCUT2D eigenvalue weighted by Gasteiger charge is 2.31. The second-order valence-electron chi connectivity index (χ2n) is 6.28. The van der Waals surface area contributed by atoms with Crippen molar-refractivity contribution in [3.8, 4) is 11.4 Å². The van der Waals surface area contributed by atoms with E-state index in [-0.39, 0.29) is 23.8 Å². The van der Waals surface area contributed by atoms with Crippen LogP contribution in [-0.4, -0.2) is 33.6 Å². The van der Waals surface area contributed by atoms with Gasteiger partial charge in [-0.1, -0.05) is 18.2 Å². The van der Waals surface area contributed by atoms with Gasteiger partial charge < -0.3 is 15.2 Å². The number of methoxy groups -OCH3 is 1. The van der Waals surface area contributed by atoms with Crippen LogP contribution in [-0.2, 0) is 4.79 Å². The van der Waals surface area contributed by atoms with Crippen LogP contribution in [0.5, 0.6) is 5.75 Å². The molecule has 0 spiro atoms. The summed E-state index contributed by atoms with van der Waals surface area (Å²) in [6.07, 6.45) is 1.93. The van der Waals surface area contributed by atoms with E-state index in [1.54, 1.807) is 37.7 Å². The molecule has 2 N–H and O–H groups in total. The fourth-order valence-electron chi connectivity index (χ4n) is 3.30. The number of aromatic carboxylic acids is 1. The van der Waals surface area contributed by atoms with Gasteiger partial charge in [-0.05, 0) is 29.8 Å². The zero-order chi connectivity index (χ0) is 19.0. The first-order chi connectivity index (χ1) is 13.1. The molecule has 3 aromatic rings. The molecule has 1 aromatic heterocycles. The molecule has 27 heavy (non-hydrogen) atoms. The maximum absolute atomic E-state index is 12.3. The Labute approximate surface area is 155 Å². The molecule has 0 saturated carbocycles. The number of carbonyl (C=O) groups excluding carboxylic acids is 1. The first-order valence-electron chi connectivity index (χ1n) is 8.41. The van der Waals surface area contributed by atoms with Gasteiger partial charge >= 0.3 is 5.97 Å². The quantitative estimate of drug-likeness (QED) is 0.743. The van der Waals surface area contributed by atoms with Crippen molar-refractivity contribution in [1.29, 1.82) is 0 Å². The number of nitrogens with zero attached hydrogens (tertiary/aromatic N) is 2. The molecule has 136 valence electrons. The molecule has 2 aromatic carbocycles. The number of anilines is 1. The molecule has 0 fully saturated rings. The second-order valence-corrected chi connectivity index (χ2v) is 6.28. The molecule has 1 atom stereocenters. The number of benzene rings is 2. The molecule has 0 saturated heterocycles. The van der Waals surface area contributed by atoms with Gasteiger partial charge in [0.25, 0.3) is 0 Å². The number of ether oxygens (including phenoxy) is 1. The first-order valence-corrected chi connectivity index (χ1v) is 8.41. The molecule has 1 aliphatic heterocycles. The average molecular weight is 363 g/mol. The molecule has 0 unspecified atom stereocenters. The Bertz CT molecular complexity index is 1020. The lowest BCUT2D eigenvalue weighted by molar-refractivity contribution is -0.116. The Morgan fingerprint density at radius 1 is 1.26 bits per heavy atom. The Morgan fingerprint density at radius 3 is 2.74 bits per heavy atom. The van der Waals surface area contributed by atoms with Gasteiger partial charge in [0.15, 0.2) is 0 Å². The van der Waals surface area contributed by atoms with Crippen LogP contribution in [0, 0.1) is 0 Å². The van der Waals surface area contributed by atoms with E-state index in [1.807, 2.05) is 28.8 Å². The lowest BCUT2D eigenvalue weighted by Gasteiger charge is -2.23. The summed E-state index contributed by atoms with van der Waals surface area (Å²) in [4.78, 5) is 27.9. The van der Waals surface area contributed by atoms with Crippen molar-refractivity contribution in [2.75, 3.05) is 12.4 Å². The molecule has 0 aliphatic carbocycles. The zero-order valence-electron chi connectivity index (χ0n) is 14.5. The number of amides is 1. The molecule has 7 heteroatoms. The van der Waals surface area contributed by atoms with Gasteiger partial charge in [0.05, 0.1) is 24.1 Å². The fraction of sp³-hybridized carbons (Fsp3) is 0.150. The number of carboxylic acid groups (broad SMARTS) is 1. The molecule has 1 aliphatic rings. The van der Waals surface area contributed by atoms with E-state index in [0.717, 1.165) is 16.9 Å². The van der Waals surface area contributed by atoms with Gasteiger partial charge in [0.1, 0.15) is 17.9 Å². The molecular weight excluding hydrogens is 346 g/mol. The van der Waals surface area contributed by atoms with Crippen molar-refractivity contribution in [1.82, 2.24) is 9.55 Å². The van der Waals surface area contributed by atoms with Crippen molar-refractivity contribution < 1.29 is 19.4 Å². The second kappa shape index (κ2) is 6.60. The first kappa shape index (κ1) is 16.8. The minimum atomic E-state index is -0.981. The summed E-state index contributed by atoms with van der Waals surface area (Å²) in [5.41, 5.74) is 2.64. The van der Waals surface area contributed by atoms with Crippen LogP contribution in [0.1, 0.15) is 34.0 Å². The van der Waals surface area contributed by atoms with Crippen LogP contribution in [0.25, 0.3) is 5.69 Å². The minimum Gasteiger partial charge on any atom is -0.497 e. The van der Waals surface area contributed by atoms with E-state index in [4.69, 9.17) is 9.84 Å². The average Bonchev–Trinajstić information content (AvgIpc) is 3.11. The molecule has 2 heterocycles. The Hall–Kier alpha value is -3.61. The number of fused-ring (bicyclic) bond motifs is 1. The highest BCUT2D eigenvalue weighted by molar-refractivity contribution is 5.94. The summed E-state index contributed by atoms with van der Waals surface area (Å²) in [6, 6.07) is 14.0. The standard InChI is InChI=1S/C20H17N3O4/c1-27-15-4-2-3-14(9-15)23-11-21-18-16(10-17(24)22-19(18)23)12-5-7-13(8-6-12)20(25)26/h2-9,11,16H,10H2,1H3,(H,22,24)(H,25,26)/t16-/m1/s1.